The molecule has 0 spiro atoms. The van der Waals surface area contributed by atoms with Crippen molar-refractivity contribution in [2.75, 3.05) is 13.1 Å². The Morgan fingerprint density at radius 1 is 0.706 bits per heavy atom. The lowest BCUT2D eigenvalue weighted by molar-refractivity contribution is 0.275. The summed E-state index contributed by atoms with van der Waals surface area (Å²) in [5.41, 5.74) is 0.873. The summed E-state index contributed by atoms with van der Waals surface area (Å²) >= 11 is 0. The van der Waals surface area contributed by atoms with E-state index in [1.807, 2.05) is 0 Å². The van der Waals surface area contributed by atoms with Crippen LogP contribution in [0.1, 0.15) is 68.2 Å². The zero-order valence-electron chi connectivity index (χ0n) is 13.4. The van der Waals surface area contributed by atoms with E-state index in [0.717, 1.165) is 24.9 Å². The van der Waals surface area contributed by atoms with Gasteiger partial charge in [0.25, 0.3) is 0 Å². The summed E-state index contributed by atoms with van der Waals surface area (Å²) in [4.78, 5) is 0. The number of rotatable bonds is 6. The van der Waals surface area contributed by atoms with Gasteiger partial charge in [-0.2, -0.15) is 0 Å². The molecule has 0 aliphatic rings. The lowest BCUT2D eigenvalue weighted by atomic mass is 9.84. The molecule has 0 aliphatic carbocycles. The van der Waals surface area contributed by atoms with E-state index in [4.69, 9.17) is 5.32 Å². The third-order valence-corrected chi connectivity index (χ3v) is 2.80. The van der Waals surface area contributed by atoms with Crippen molar-refractivity contribution in [2.24, 2.45) is 22.7 Å². The van der Waals surface area contributed by atoms with Crippen LogP contribution in [0.25, 0.3) is 0 Å². The first-order valence-electron chi connectivity index (χ1n) is 7.13. The maximum absolute atomic E-state index is 4.74. The van der Waals surface area contributed by atoms with Gasteiger partial charge in [-0.1, -0.05) is 55.4 Å². The number of hydrogen-bond donors (Lipinski definition) is 0. The van der Waals surface area contributed by atoms with Crippen molar-refractivity contribution in [1.29, 1.82) is 0 Å². The van der Waals surface area contributed by atoms with E-state index in [-0.39, 0.29) is 0 Å². The molecule has 0 bridgehead atoms. The van der Waals surface area contributed by atoms with E-state index in [1.54, 1.807) is 0 Å². The Hall–Kier alpha value is -0.0400. The summed E-state index contributed by atoms with van der Waals surface area (Å²) in [5, 5.41) is 4.74. The molecule has 103 valence electrons. The molecule has 0 aromatic heterocycles. The fraction of sp³-hybridized carbons (Fsp3) is 1.00. The van der Waals surface area contributed by atoms with Crippen LogP contribution < -0.4 is 5.32 Å². The van der Waals surface area contributed by atoms with Gasteiger partial charge < -0.3 is 0 Å². The molecule has 0 heterocycles. The Morgan fingerprint density at radius 2 is 1.00 bits per heavy atom. The second-order valence-electron chi connectivity index (χ2n) is 8.33. The lowest BCUT2D eigenvalue weighted by Crippen LogP contribution is -2.24. The highest BCUT2D eigenvalue weighted by Crippen LogP contribution is 2.25. The molecule has 0 rings (SSSR count). The number of hydrogen-bond acceptors (Lipinski definition) is 0. The highest BCUT2D eigenvalue weighted by Gasteiger charge is 2.17. The summed E-state index contributed by atoms with van der Waals surface area (Å²) in [6.07, 6.45) is 2.54. The second-order valence-corrected chi connectivity index (χ2v) is 8.33. The molecule has 2 atom stereocenters. The Kier molecular flexibility index (Phi) is 6.76. The predicted octanol–water partition coefficient (Wildman–Crippen LogP) is 4.74. The van der Waals surface area contributed by atoms with Gasteiger partial charge in [-0.25, -0.2) is 5.32 Å². The standard InChI is InChI=1S/C16H34N/c1-13(9-15(3,4)5)11-17-12-14(2)10-16(6,7)8/h13-14H,9-12H2,1-8H3. The van der Waals surface area contributed by atoms with Crippen LogP contribution >= 0.6 is 0 Å². The van der Waals surface area contributed by atoms with Crippen LogP contribution in [0.4, 0.5) is 0 Å². The average molecular weight is 240 g/mol. The minimum Gasteiger partial charge on any atom is -0.241 e. The van der Waals surface area contributed by atoms with Crippen molar-refractivity contribution in [2.45, 2.75) is 68.2 Å². The number of nitrogens with zero attached hydrogens (tertiary/aromatic N) is 1. The van der Waals surface area contributed by atoms with Gasteiger partial charge >= 0.3 is 0 Å². The molecule has 0 amide bonds. The fourth-order valence-corrected chi connectivity index (χ4v) is 2.74. The van der Waals surface area contributed by atoms with E-state index in [1.165, 1.54) is 12.8 Å². The molecule has 0 aromatic carbocycles. The molecule has 1 heteroatoms. The van der Waals surface area contributed by atoms with Crippen molar-refractivity contribution in [3.05, 3.63) is 0 Å². The van der Waals surface area contributed by atoms with Crippen LogP contribution in [0, 0.1) is 22.7 Å². The third-order valence-electron chi connectivity index (χ3n) is 2.80. The van der Waals surface area contributed by atoms with Crippen LogP contribution in [0.15, 0.2) is 0 Å². The fourth-order valence-electron chi connectivity index (χ4n) is 2.74. The van der Waals surface area contributed by atoms with Gasteiger partial charge in [0.15, 0.2) is 0 Å². The van der Waals surface area contributed by atoms with E-state index in [2.05, 4.69) is 55.4 Å². The molecule has 1 nitrogen and oxygen atoms in total. The largest absolute Gasteiger partial charge is 0.241 e. The van der Waals surface area contributed by atoms with Gasteiger partial charge in [0.1, 0.15) is 0 Å². The minimum absolute atomic E-state index is 0.436. The molecule has 0 saturated heterocycles. The maximum Gasteiger partial charge on any atom is 0.0159 e. The first-order chi connectivity index (χ1) is 7.49. The van der Waals surface area contributed by atoms with Gasteiger partial charge in [-0.05, 0) is 35.5 Å². The average Bonchev–Trinajstić information content (AvgIpc) is 1.95. The van der Waals surface area contributed by atoms with Crippen LogP contribution in [0.2, 0.25) is 0 Å². The van der Waals surface area contributed by atoms with E-state index in [0.29, 0.717) is 10.8 Å². The van der Waals surface area contributed by atoms with Gasteiger partial charge in [0.05, 0.1) is 0 Å². The van der Waals surface area contributed by atoms with Gasteiger partial charge in [0, 0.05) is 13.1 Å². The molecule has 0 saturated carbocycles. The molecule has 0 fully saturated rings. The van der Waals surface area contributed by atoms with Crippen LogP contribution in [0.5, 0.6) is 0 Å². The molecule has 17 heavy (non-hydrogen) atoms. The van der Waals surface area contributed by atoms with Crippen molar-refractivity contribution in [3.8, 4) is 0 Å². The normalized spacial score (nSPS) is 16.9. The van der Waals surface area contributed by atoms with Crippen LogP contribution in [-0.2, 0) is 0 Å². The molecule has 1 radical (unpaired) electrons. The lowest BCUT2D eigenvalue weighted by Gasteiger charge is -2.25. The van der Waals surface area contributed by atoms with Crippen LogP contribution in [-0.4, -0.2) is 13.1 Å². The molecule has 0 aromatic rings. The van der Waals surface area contributed by atoms with Crippen molar-refractivity contribution in [3.63, 3.8) is 0 Å². The minimum atomic E-state index is 0.436. The first-order valence-corrected chi connectivity index (χ1v) is 7.13. The SMILES string of the molecule is CC(C[N]CC(C)CC(C)(C)C)CC(C)(C)C. The van der Waals surface area contributed by atoms with Crippen molar-refractivity contribution < 1.29 is 0 Å². The van der Waals surface area contributed by atoms with Crippen molar-refractivity contribution in [1.82, 2.24) is 5.32 Å². The summed E-state index contributed by atoms with van der Waals surface area (Å²) < 4.78 is 0. The van der Waals surface area contributed by atoms with Crippen LogP contribution in [0.3, 0.4) is 0 Å². The Labute approximate surface area is 110 Å². The van der Waals surface area contributed by atoms with E-state index >= 15 is 0 Å². The summed E-state index contributed by atoms with van der Waals surface area (Å²) in [6.45, 7) is 20.6. The summed E-state index contributed by atoms with van der Waals surface area (Å²) in [5.74, 6) is 1.44. The molecule has 0 N–H and O–H groups in total. The smallest absolute Gasteiger partial charge is 0.0159 e. The Bertz CT molecular complexity index is 173. The zero-order chi connectivity index (χ0) is 13.7. The zero-order valence-corrected chi connectivity index (χ0v) is 13.4. The van der Waals surface area contributed by atoms with E-state index < -0.39 is 0 Å². The van der Waals surface area contributed by atoms with Gasteiger partial charge in [-0.3, -0.25) is 0 Å². The highest BCUT2D eigenvalue weighted by atomic mass is 14.9. The van der Waals surface area contributed by atoms with Gasteiger partial charge in [0.2, 0.25) is 0 Å². The predicted molar refractivity (Wildman–Crippen MR) is 78.3 cm³/mol. The molecular weight excluding hydrogens is 206 g/mol. The maximum atomic E-state index is 4.74. The summed E-state index contributed by atoms with van der Waals surface area (Å²) in [7, 11) is 0. The molecule has 2 unspecified atom stereocenters. The second kappa shape index (κ2) is 6.78. The topological polar surface area (TPSA) is 14.1 Å². The summed E-state index contributed by atoms with van der Waals surface area (Å²) in [6, 6.07) is 0. The molecule has 0 aliphatic heterocycles. The Balaban J connectivity index is 3.70. The first kappa shape index (κ1) is 17.0. The van der Waals surface area contributed by atoms with Gasteiger partial charge in [-0.15, -0.1) is 0 Å². The van der Waals surface area contributed by atoms with Crippen molar-refractivity contribution >= 4 is 0 Å². The molecular formula is C16H34N. The Morgan fingerprint density at radius 3 is 1.24 bits per heavy atom. The highest BCUT2D eigenvalue weighted by molar-refractivity contribution is 4.70. The third kappa shape index (κ3) is 12.2. The van der Waals surface area contributed by atoms with E-state index in [9.17, 15) is 0 Å². The quantitative estimate of drug-likeness (QED) is 0.637. The monoisotopic (exact) mass is 240 g/mol.